The summed E-state index contributed by atoms with van der Waals surface area (Å²) in [5, 5.41) is 8.01. The second kappa shape index (κ2) is 6.59. The third-order valence-corrected chi connectivity index (χ3v) is 6.02. The summed E-state index contributed by atoms with van der Waals surface area (Å²) in [5.41, 5.74) is 0. The van der Waals surface area contributed by atoms with Gasteiger partial charge in [0.15, 0.2) is 5.09 Å². The Morgan fingerprint density at radius 3 is 2.92 bits per heavy atom. The average Bonchev–Trinajstić information content (AvgIpc) is 3.27. The van der Waals surface area contributed by atoms with Gasteiger partial charge < -0.3 is 15.1 Å². The predicted octanol–water partition coefficient (Wildman–Crippen LogP) is 3.76. The standard InChI is InChI=1S/C16H15Cl2N3O2S/c17-10-3-2-9(6-11(10)18)24-14-7-19-16(23-14)15(22)21-13-5-8-1-4-12(13)20-8/h2-3,6-8,12-13,20H,1,4-5H2,(H,21,22). The molecule has 2 aliphatic rings. The Morgan fingerprint density at radius 1 is 1.33 bits per heavy atom. The fourth-order valence-corrected chi connectivity index (χ4v) is 4.42. The number of benzene rings is 1. The molecule has 4 rings (SSSR count). The molecule has 0 radical (unpaired) electrons. The maximum absolute atomic E-state index is 12.3. The lowest BCUT2D eigenvalue weighted by atomic mass is 9.95. The van der Waals surface area contributed by atoms with E-state index in [1.165, 1.54) is 18.2 Å². The van der Waals surface area contributed by atoms with Crippen LogP contribution in [0.15, 0.2) is 38.8 Å². The first-order valence-corrected chi connectivity index (χ1v) is 9.31. The molecule has 3 heterocycles. The van der Waals surface area contributed by atoms with Gasteiger partial charge in [0.05, 0.1) is 16.2 Å². The van der Waals surface area contributed by atoms with Crippen LogP contribution in [0.25, 0.3) is 0 Å². The Bertz CT molecular complexity index is 782. The zero-order chi connectivity index (χ0) is 16.7. The number of nitrogens with one attached hydrogen (secondary N) is 2. The molecule has 0 spiro atoms. The van der Waals surface area contributed by atoms with Gasteiger partial charge in [-0.2, -0.15) is 0 Å². The molecule has 0 aliphatic carbocycles. The molecule has 0 saturated carbocycles. The van der Waals surface area contributed by atoms with Crippen molar-refractivity contribution in [2.45, 2.75) is 47.4 Å². The van der Waals surface area contributed by atoms with Crippen molar-refractivity contribution in [2.24, 2.45) is 0 Å². The number of hydrogen-bond donors (Lipinski definition) is 2. The minimum Gasteiger partial charge on any atom is -0.425 e. The van der Waals surface area contributed by atoms with Crippen molar-refractivity contribution < 1.29 is 9.21 Å². The van der Waals surface area contributed by atoms with Crippen LogP contribution in [-0.4, -0.2) is 29.0 Å². The summed E-state index contributed by atoms with van der Waals surface area (Å²) in [6.07, 6.45) is 4.82. The lowest BCUT2D eigenvalue weighted by molar-refractivity contribution is 0.0890. The number of aromatic nitrogens is 1. The number of carbonyl (C=O) groups excluding carboxylic acids is 1. The van der Waals surface area contributed by atoms with Crippen LogP contribution in [0.1, 0.15) is 29.9 Å². The Balaban J connectivity index is 1.40. The van der Waals surface area contributed by atoms with Gasteiger partial charge in [-0.25, -0.2) is 4.98 Å². The number of carbonyl (C=O) groups is 1. The molecule has 8 heteroatoms. The van der Waals surface area contributed by atoms with Crippen LogP contribution in [-0.2, 0) is 0 Å². The molecular weight excluding hydrogens is 369 g/mol. The fraction of sp³-hybridized carbons (Fsp3) is 0.375. The van der Waals surface area contributed by atoms with Gasteiger partial charge in [0.2, 0.25) is 0 Å². The zero-order valence-electron chi connectivity index (χ0n) is 12.6. The molecule has 2 N–H and O–H groups in total. The van der Waals surface area contributed by atoms with Gasteiger partial charge in [0.1, 0.15) is 0 Å². The van der Waals surface area contributed by atoms with Crippen molar-refractivity contribution in [3.05, 3.63) is 40.3 Å². The first kappa shape index (κ1) is 16.3. The summed E-state index contributed by atoms with van der Waals surface area (Å²) in [5.74, 6) is -0.185. The molecule has 2 fully saturated rings. The van der Waals surface area contributed by atoms with Crippen molar-refractivity contribution >= 4 is 40.9 Å². The highest BCUT2D eigenvalue weighted by Gasteiger charge is 2.40. The molecule has 1 amide bonds. The van der Waals surface area contributed by atoms with Crippen LogP contribution in [0.2, 0.25) is 10.0 Å². The Hall–Kier alpha value is -1.21. The van der Waals surface area contributed by atoms with E-state index in [1.807, 2.05) is 6.07 Å². The molecule has 126 valence electrons. The van der Waals surface area contributed by atoms with E-state index in [0.29, 0.717) is 27.2 Å². The third kappa shape index (κ3) is 3.28. The van der Waals surface area contributed by atoms with E-state index < -0.39 is 0 Å². The van der Waals surface area contributed by atoms with Crippen molar-refractivity contribution in [3.63, 3.8) is 0 Å². The quantitative estimate of drug-likeness (QED) is 0.841. The maximum Gasteiger partial charge on any atom is 0.307 e. The van der Waals surface area contributed by atoms with Gasteiger partial charge in [-0.1, -0.05) is 35.0 Å². The summed E-state index contributed by atoms with van der Waals surface area (Å²) < 4.78 is 5.55. The number of rotatable bonds is 4. The van der Waals surface area contributed by atoms with Crippen molar-refractivity contribution in [2.75, 3.05) is 0 Å². The molecular formula is C16H15Cl2N3O2S. The Morgan fingerprint density at radius 2 is 2.21 bits per heavy atom. The Labute approximate surface area is 153 Å². The monoisotopic (exact) mass is 383 g/mol. The maximum atomic E-state index is 12.3. The van der Waals surface area contributed by atoms with E-state index in [-0.39, 0.29) is 17.8 Å². The second-order valence-corrected chi connectivity index (χ2v) is 7.92. The smallest absolute Gasteiger partial charge is 0.307 e. The van der Waals surface area contributed by atoms with Crippen LogP contribution in [0.5, 0.6) is 0 Å². The zero-order valence-corrected chi connectivity index (χ0v) is 14.9. The van der Waals surface area contributed by atoms with Crippen LogP contribution >= 0.6 is 35.0 Å². The highest BCUT2D eigenvalue weighted by Crippen LogP contribution is 2.33. The normalized spacial score (nSPS) is 25.2. The molecule has 3 atom stereocenters. The highest BCUT2D eigenvalue weighted by atomic mass is 35.5. The Kier molecular flexibility index (Phi) is 4.47. The third-order valence-electron chi connectivity index (χ3n) is 4.40. The van der Waals surface area contributed by atoms with E-state index in [1.54, 1.807) is 18.3 Å². The number of fused-ring (bicyclic) bond motifs is 2. The summed E-state index contributed by atoms with van der Waals surface area (Å²) in [7, 11) is 0. The van der Waals surface area contributed by atoms with Gasteiger partial charge in [0.25, 0.3) is 5.89 Å². The number of nitrogens with zero attached hydrogens (tertiary/aromatic N) is 1. The van der Waals surface area contributed by atoms with Crippen LogP contribution in [0, 0.1) is 0 Å². The summed E-state index contributed by atoms with van der Waals surface area (Å²) in [6, 6.07) is 6.37. The van der Waals surface area contributed by atoms with Gasteiger partial charge in [-0.15, -0.1) is 0 Å². The molecule has 2 aromatic rings. The number of hydrogen-bond acceptors (Lipinski definition) is 5. The minimum atomic E-state index is -0.268. The molecule has 3 unspecified atom stereocenters. The summed E-state index contributed by atoms with van der Waals surface area (Å²) in [6.45, 7) is 0. The SMILES string of the molecule is O=C(NC1CC2CCC1N2)c1ncc(Sc2ccc(Cl)c(Cl)c2)o1. The molecule has 2 saturated heterocycles. The number of halogens is 2. The average molecular weight is 384 g/mol. The molecule has 5 nitrogen and oxygen atoms in total. The van der Waals surface area contributed by atoms with Crippen molar-refractivity contribution in [3.8, 4) is 0 Å². The number of amides is 1. The lowest BCUT2D eigenvalue weighted by Gasteiger charge is -2.20. The van der Waals surface area contributed by atoms with Gasteiger partial charge >= 0.3 is 5.91 Å². The lowest BCUT2D eigenvalue weighted by Crippen LogP contribution is -2.43. The topological polar surface area (TPSA) is 67.2 Å². The van der Waals surface area contributed by atoms with Gasteiger partial charge in [-0.05, 0) is 37.5 Å². The molecule has 1 aromatic carbocycles. The first-order chi connectivity index (χ1) is 11.6. The van der Waals surface area contributed by atoms with E-state index in [0.717, 1.165) is 17.7 Å². The molecule has 24 heavy (non-hydrogen) atoms. The summed E-state index contributed by atoms with van der Waals surface area (Å²) >= 11 is 13.2. The van der Waals surface area contributed by atoms with Crippen LogP contribution in [0.3, 0.4) is 0 Å². The largest absolute Gasteiger partial charge is 0.425 e. The molecule has 1 aromatic heterocycles. The van der Waals surface area contributed by atoms with Gasteiger partial charge in [-0.3, -0.25) is 4.79 Å². The number of oxazole rings is 1. The van der Waals surface area contributed by atoms with E-state index >= 15 is 0 Å². The first-order valence-electron chi connectivity index (χ1n) is 7.74. The van der Waals surface area contributed by atoms with E-state index in [9.17, 15) is 4.79 Å². The fourth-order valence-electron chi connectivity index (χ4n) is 3.28. The highest BCUT2D eigenvalue weighted by molar-refractivity contribution is 7.99. The molecule has 2 bridgehead atoms. The van der Waals surface area contributed by atoms with E-state index in [4.69, 9.17) is 27.6 Å². The second-order valence-electron chi connectivity index (χ2n) is 6.03. The predicted molar refractivity (Wildman–Crippen MR) is 92.9 cm³/mol. The van der Waals surface area contributed by atoms with Gasteiger partial charge in [0, 0.05) is 23.0 Å². The molecule has 2 aliphatic heterocycles. The van der Waals surface area contributed by atoms with E-state index in [2.05, 4.69) is 15.6 Å². The summed E-state index contributed by atoms with van der Waals surface area (Å²) in [4.78, 5) is 17.2. The van der Waals surface area contributed by atoms with Crippen LogP contribution < -0.4 is 10.6 Å². The van der Waals surface area contributed by atoms with Crippen molar-refractivity contribution in [1.29, 1.82) is 0 Å². The van der Waals surface area contributed by atoms with Crippen LogP contribution in [0.4, 0.5) is 0 Å². The van der Waals surface area contributed by atoms with Crippen molar-refractivity contribution in [1.82, 2.24) is 15.6 Å². The minimum absolute atomic E-state index is 0.0836.